The fourth-order valence-corrected chi connectivity index (χ4v) is 3.91. The summed E-state index contributed by atoms with van der Waals surface area (Å²) in [5, 5.41) is 0. The highest BCUT2D eigenvalue weighted by molar-refractivity contribution is 6.14. The molecule has 0 atom stereocenters. The van der Waals surface area contributed by atoms with Gasteiger partial charge in [-0.05, 0) is 54.6 Å². The van der Waals surface area contributed by atoms with Crippen LogP contribution in [0.3, 0.4) is 0 Å². The van der Waals surface area contributed by atoms with Crippen molar-refractivity contribution >= 4 is 17.9 Å². The van der Waals surface area contributed by atoms with Crippen LogP contribution in [0.15, 0.2) is 47.5 Å². The van der Waals surface area contributed by atoms with E-state index in [-0.39, 0.29) is 5.78 Å². The second-order valence-electron chi connectivity index (χ2n) is 7.65. The molecular weight excluding hydrogens is 382 g/mol. The summed E-state index contributed by atoms with van der Waals surface area (Å²) in [5.74, 6) is 3.00. The summed E-state index contributed by atoms with van der Waals surface area (Å²) < 4.78 is 22.5. The number of fused-ring (bicyclic) bond motifs is 2. The number of hydrogen-bond donors (Lipinski definition) is 0. The topological polar surface area (TPSA) is 57.2 Å². The summed E-state index contributed by atoms with van der Waals surface area (Å²) in [6.07, 6.45) is 3.88. The van der Waals surface area contributed by atoms with Gasteiger partial charge in [0.1, 0.15) is 26.4 Å². The van der Waals surface area contributed by atoms with Crippen molar-refractivity contribution in [1.29, 1.82) is 0 Å². The SMILES string of the molecule is CN1C/C(=C/c2ccc3c(c2)OCCO3)C(=O)/C(=C/c2ccc3c(c2)OCCO3)C1. The van der Waals surface area contributed by atoms with Crippen molar-refractivity contribution in [3.8, 4) is 23.0 Å². The van der Waals surface area contributed by atoms with Crippen molar-refractivity contribution in [3.05, 3.63) is 58.7 Å². The second-order valence-corrected chi connectivity index (χ2v) is 7.65. The molecule has 3 aliphatic heterocycles. The minimum Gasteiger partial charge on any atom is -0.486 e. The fourth-order valence-electron chi connectivity index (χ4n) is 3.91. The molecule has 0 spiro atoms. The number of benzene rings is 2. The zero-order valence-electron chi connectivity index (χ0n) is 16.8. The molecule has 154 valence electrons. The molecule has 1 fully saturated rings. The Morgan fingerprint density at radius 1 is 0.700 bits per heavy atom. The molecule has 5 rings (SSSR count). The Labute approximate surface area is 175 Å². The molecule has 2 aromatic rings. The Hall–Kier alpha value is -3.25. The van der Waals surface area contributed by atoms with E-state index >= 15 is 0 Å². The summed E-state index contributed by atoms with van der Waals surface area (Å²) >= 11 is 0. The highest BCUT2D eigenvalue weighted by Crippen LogP contribution is 2.33. The molecule has 0 saturated carbocycles. The summed E-state index contributed by atoms with van der Waals surface area (Å²) in [4.78, 5) is 15.3. The average molecular weight is 405 g/mol. The maximum Gasteiger partial charge on any atom is 0.187 e. The van der Waals surface area contributed by atoms with Crippen LogP contribution in [0.2, 0.25) is 0 Å². The van der Waals surface area contributed by atoms with Gasteiger partial charge < -0.3 is 18.9 Å². The third kappa shape index (κ3) is 3.78. The van der Waals surface area contributed by atoms with Crippen LogP contribution < -0.4 is 18.9 Å². The lowest BCUT2D eigenvalue weighted by molar-refractivity contribution is -0.113. The summed E-state index contributed by atoms with van der Waals surface area (Å²) in [6, 6.07) is 11.5. The first kappa shape index (κ1) is 18.8. The summed E-state index contributed by atoms with van der Waals surface area (Å²) in [6.45, 7) is 3.40. The molecule has 6 heteroatoms. The lowest BCUT2D eigenvalue weighted by Gasteiger charge is -2.26. The quantitative estimate of drug-likeness (QED) is 0.716. The van der Waals surface area contributed by atoms with Crippen LogP contribution in [0.4, 0.5) is 0 Å². The minimum atomic E-state index is 0.0675. The Balaban J connectivity index is 1.43. The predicted molar refractivity (Wildman–Crippen MR) is 113 cm³/mol. The monoisotopic (exact) mass is 405 g/mol. The van der Waals surface area contributed by atoms with E-state index in [9.17, 15) is 4.79 Å². The molecule has 0 N–H and O–H groups in total. The van der Waals surface area contributed by atoms with Crippen molar-refractivity contribution in [2.45, 2.75) is 0 Å². The lowest BCUT2D eigenvalue weighted by atomic mass is 9.94. The van der Waals surface area contributed by atoms with Crippen LogP contribution in [0, 0.1) is 0 Å². The van der Waals surface area contributed by atoms with Crippen LogP contribution >= 0.6 is 0 Å². The van der Waals surface area contributed by atoms with Crippen molar-refractivity contribution in [1.82, 2.24) is 4.90 Å². The molecule has 3 aliphatic rings. The smallest absolute Gasteiger partial charge is 0.187 e. The van der Waals surface area contributed by atoms with Gasteiger partial charge in [0.2, 0.25) is 0 Å². The zero-order chi connectivity index (χ0) is 20.5. The van der Waals surface area contributed by atoms with Gasteiger partial charge in [0.05, 0.1) is 0 Å². The number of ether oxygens (including phenoxy) is 4. The molecule has 30 heavy (non-hydrogen) atoms. The van der Waals surface area contributed by atoms with Crippen molar-refractivity contribution in [3.63, 3.8) is 0 Å². The van der Waals surface area contributed by atoms with Gasteiger partial charge in [-0.2, -0.15) is 0 Å². The molecule has 0 radical (unpaired) electrons. The number of nitrogens with zero attached hydrogens (tertiary/aromatic N) is 1. The van der Waals surface area contributed by atoms with Gasteiger partial charge in [-0.1, -0.05) is 12.1 Å². The molecule has 0 aromatic heterocycles. The van der Waals surface area contributed by atoms with Crippen molar-refractivity contribution < 1.29 is 23.7 Å². The highest BCUT2D eigenvalue weighted by atomic mass is 16.6. The number of piperidine rings is 1. The first-order valence-corrected chi connectivity index (χ1v) is 10.1. The molecule has 3 heterocycles. The Morgan fingerprint density at radius 2 is 1.13 bits per heavy atom. The molecule has 0 unspecified atom stereocenters. The van der Waals surface area contributed by atoms with Crippen LogP contribution in [0.25, 0.3) is 12.2 Å². The van der Waals surface area contributed by atoms with Gasteiger partial charge in [0, 0.05) is 24.2 Å². The fraction of sp³-hybridized carbons (Fsp3) is 0.292. The molecular formula is C24H23NO5. The highest BCUT2D eigenvalue weighted by Gasteiger charge is 2.24. The maximum absolute atomic E-state index is 13.2. The van der Waals surface area contributed by atoms with Crippen LogP contribution in [0.5, 0.6) is 23.0 Å². The minimum absolute atomic E-state index is 0.0675. The lowest BCUT2D eigenvalue weighted by Crippen LogP contribution is -2.34. The van der Waals surface area contributed by atoms with Gasteiger partial charge in [0.15, 0.2) is 28.8 Å². The summed E-state index contributed by atoms with van der Waals surface area (Å²) in [5.41, 5.74) is 3.36. The summed E-state index contributed by atoms with van der Waals surface area (Å²) in [7, 11) is 2.02. The van der Waals surface area contributed by atoms with E-state index in [1.165, 1.54) is 0 Å². The van der Waals surface area contributed by atoms with E-state index < -0.39 is 0 Å². The van der Waals surface area contributed by atoms with E-state index in [2.05, 4.69) is 4.90 Å². The van der Waals surface area contributed by atoms with E-state index in [4.69, 9.17) is 18.9 Å². The molecule has 0 aliphatic carbocycles. The van der Waals surface area contributed by atoms with Gasteiger partial charge in [-0.3, -0.25) is 9.69 Å². The van der Waals surface area contributed by atoms with Crippen LogP contribution in [0.1, 0.15) is 11.1 Å². The van der Waals surface area contributed by atoms with E-state index in [1.807, 2.05) is 55.6 Å². The van der Waals surface area contributed by atoms with E-state index in [0.717, 1.165) is 45.3 Å². The number of carbonyl (C=O) groups is 1. The maximum atomic E-state index is 13.2. The average Bonchev–Trinajstić information content (AvgIpc) is 2.77. The van der Waals surface area contributed by atoms with Crippen molar-refractivity contribution in [2.24, 2.45) is 0 Å². The normalized spacial score (nSPS) is 21.2. The third-order valence-corrected chi connectivity index (χ3v) is 5.28. The van der Waals surface area contributed by atoms with Gasteiger partial charge >= 0.3 is 0 Å². The predicted octanol–water partition coefficient (Wildman–Crippen LogP) is 3.21. The second kappa shape index (κ2) is 7.88. The van der Waals surface area contributed by atoms with E-state index in [1.54, 1.807) is 0 Å². The van der Waals surface area contributed by atoms with Crippen LogP contribution in [-0.4, -0.2) is 57.2 Å². The first-order valence-electron chi connectivity index (χ1n) is 10.1. The standard InChI is InChI=1S/C24H23NO5/c1-25-14-18(10-16-2-4-20-22(12-16)29-8-6-27-20)24(26)19(15-25)11-17-3-5-21-23(13-17)30-9-7-28-21/h2-5,10-13H,6-9,14-15H2,1H3/b18-10-,19-11+. The van der Waals surface area contributed by atoms with E-state index in [0.29, 0.717) is 39.5 Å². The number of hydrogen-bond acceptors (Lipinski definition) is 6. The van der Waals surface area contributed by atoms with Gasteiger partial charge in [-0.25, -0.2) is 0 Å². The number of rotatable bonds is 2. The molecule has 2 aromatic carbocycles. The van der Waals surface area contributed by atoms with Gasteiger partial charge in [0.25, 0.3) is 0 Å². The Kier molecular flexibility index (Phi) is 4.93. The largest absolute Gasteiger partial charge is 0.486 e. The Bertz CT molecular complexity index is 974. The molecule has 0 bridgehead atoms. The molecule has 6 nitrogen and oxygen atoms in total. The zero-order valence-corrected chi connectivity index (χ0v) is 16.8. The van der Waals surface area contributed by atoms with Crippen LogP contribution in [-0.2, 0) is 4.79 Å². The Morgan fingerprint density at radius 3 is 1.60 bits per heavy atom. The number of carbonyl (C=O) groups excluding carboxylic acids is 1. The van der Waals surface area contributed by atoms with Gasteiger partial charge in [-0.15, -0.1) is 0 Å². The number of Topliss-reactive ketones (excluding diaryl/α,β-unsaturated/α-hetero) is 1. The number of ketones is 1. The third-order valence-electron chi connectivity index (χ3n) is 5.28. The number of likely N-dealkylation sites (tertiary alicyclic amines) is 1. The first-order chi connectivity index (χ1) is 14.7. The molecule has 0 amide bonds. The molecule has 1 saturated heterocycles. The van der Waals surface area contributed by atoms with Crippen molar-refractivity contribution in [2.75, 3.05) is 46.6 Å². The number of likely N-dealkylation sites (N-methyl/N-ethyl adjacent to an activating group) is 1.